The van der Waals surface area contributed by atoms with E-state index in [0.29, 0.717) is 17.8 Å². The zero-order chi connectivity index (χ0) is 30.8. The Morgan fingerprint density at radius 3 is 2.64 bits per heavy atom. The highest BCUT2D eigenvalue weighted by atomic mass is 32.2. The average Bonchev–Trinajstić information content (AvgIpc) is 3.70. The summed E-state index contributed by atoms with van der Waals surface area (Å²) in [7, 11) is -2.05. The minimum absolute atomic E-state index is 0.0691. The first-order valence-corrected chi connectivity index (χ1v) is 16.3. The molecule has 4 aromatic rings. The predicted molar refractivity (Wildman–Crippen MR) is 171 cm³/mol. The Morgan fingerprint density at radius 2 is 1.91 bits per heavy atom. The Hall–Kier alpha value is -4.50. The van der Waals surface area contributed by atoms with Crippen LogP contribution in [0.15, 0.2) is 78.1 Å². The number of hydrogen-bond acceptors (Lipinski definition) is 7. The lowest BCUT2D eigenvalue weighted by Gasteiger charge is -2.25. The van der Waals surface area contributed by atoms with E-state index in [2.05, 4.69) is 54.8 Å². The molecular weight excluding hydrogens is 574 g/mol. The molecule has 10 nitrogen and oxygen atoms in total. The van der Waals surface area contributed by atoms with Gasteiger partial charge in [0.2, 0.25) is 0 Å². The number of aryl methyl sites for hydroxylation is 2. The van der Waals surface area contributed by atoms with Crippen LogP contribution < -0.4 is 10.6 Å². The number of rotatable bonds is 11. The van der Waals surface area contributed by atoms with Crippen molar-refractivity contribution >= 4 is 21.8 Å². The van der Waals surface area contributed by atoms with Crippen LogP contribution >= 0.6 is 0 Å². The molecule has 0 aliphatic carbocycles. The molecule has 11 heteroatoms. The second kappa shape index (κ2) is 14.8. The number of sulfone groups is 1. The second-order valence-electron chi connectivity index (χ2n) is 10.7. The molecule has 228 valence electrons. The number of H-pyrrole nitrogens is 1. The van der Waals surface area contributed by atoms with E-state index in [4.69, 9.17) is 0 Å². The highest BCUT2D eigenvalue weighted by molar-refractivity contribution is 7.90. The van der Waals surface area contributed by atoms with Gasteiger partial charge in [-0.3, -0.25) is 19.5 Å². The second-order valence-corrected chi connectivity index (χ2v) is 12.7. The Balaban J connectivity index is 1.32. The van der Waals surface area contributed by atoms with Gasteiger partial charge in [-0.05, 0) is 60.4 Å². The smallest absolute Gasteiger partial charge is 0.251 e. The van der Waals surface area contributed by atoms with Crippen LogP contribution in [0.1, 0.15) is 44.7 Å². The highest BCUT2D eigenvalue weighted by Gasteiger charge is 2.22. The molecule has 2 aromatic heterocycles. The zero-order valence-corrected chi connectivity index (χ0v) is 25.6. The summed E-state index contributed by atoms with van der Waals surface area (Å²) in [4.78, 5) is 15.4. The van der Waals surface area contributed by atoms with Gasteiger partial charge in [-0.1, -0.05) is 36.1 Å². The summed E-state index contributed by atoms with van der Waals surface area (Å²) < 4.78 is 28.5. The highest BCUT2D eigenvalue weighted by Crippen LogP contribution is 2.22. The van der Waals surface area contributed by atoms with Crippen molar-refractivity contribution in [1.29, 1.82) is 0 Å². The SMILES string of the molecule is Cn1ccc(CS(=O)(=O)c2ccc(C(=O)NCCCc3cn[nH]c3)cc2C#Cc2ccc(/C=C/CN3CCNCC3)cc2)n1. The van der Waals surface area contributed by atoms with Crippen LogP contribution in [0.4, 0.5) is 0 Å². The van der Waals surface area contributed by atoms with Gasteiger partial charge in [-0.15, -0.1) is 0 Å². The quantitative estimate of drug-likeness (QED) is 0.176. The van der Waals surface area contributed by atoms with Crippen molar-refractivity contribution in [2.45, 2.75) is 23.5 Å². The average molecular weight is 612 g/mol. The van der Waals surface area contributed by atoms with Crippen LogP contribution in [-0.2, 0) is 29.1 Å². The van der Waals surface area contributed by atoms with E-state index < -0.39 is 9.84 Å². The normalized spacial score (nSPS) is 13.9. The molecule has 44 heavy (non-hydrogen) atoms. The third kappa shape index (κ3) is 8.76. The zero-order valence-electron chi connectivity index (χ0n) is 24.8. The lowest BCUT2D eigenvalue weighted by molar-refractivity contribution is 0.0953. The van der Waals surface area contributed by atoms with Gasteiger partial charge >= 0.3 is 0 Å². The molecule has 0 atom stereocenters. The van der Waals surface area contributed by atoms with Gasteiger partial charge in [-0.2, -0.15) is 10.2 Å². The van der Waals surface area contributed by atoms with Crippen molar-refractivity contribution in [3.63, 3.8) is 0 Å². The van der Waals surface area contributed by atoms with Crippen LogP contribution in [0, 0.1) is 11.8 Å². The summed E-state index contributed by atoms with van der Waals surface area (Å²) in [5, 5.41) is 17.2. The third-order valence-corrected chi connectivity index (χ3v) is 9.00. The molecule has 0 saturated carbocycles. The first-order chi connectivity index (χ1) is 21.4. The molecule has 2 aromatic carbocycles. The van der Waals surface area contributed by atoms with Gasteiger partial charge in [0.1, 0.15) is 0 Å². The molecule has 3 N–H and O–H groups in total. The first-order valence-electron chi connectivity index (χ1n) is 14.7. The van der Waals surface area contributed by atoms with Crippen LogP contribution in [-0.4, -0.2) is 78.5 Å². The minimum Gasteiger partial charge on any atom is -0.352 e. The number of benzene rings is 2. The topological polar surface area (TPSA) is 125 Å². The number of nitrogens with one attached hydrogen (secondary N) is 3. The maximum atomic E-state index is 13.5. The summed E-state index contributed by atoms with van der Waals surface area (Å²) in [6, 6.07) is 14.0. The van der Waals surface area contributed by atoms with E-state index in [9.17, 15) is 13.2 Å². The fourth-order valence-electron chi connectivity index (χ4n) is 4.91. The van der Waals surface area contributed by atoms with Crippen LogP contribution in [0.25, 0.3) is 6.08 Å². The first kappa shape index (κ1) is 30.9. The molecular formula is C33H37N7O3S. The van der Waals surface area contributed by atoms with E-state index in [1.54, 1.807) is 36.3 Å². The Morgan fingerprint density at radius 1 is 1.09 bits per heavy atom. The van der Waals surface area contributed by atoms with Crippen LogP contribution in [0.2, 0.25) is 0 Å². The van der Waals surface area contributed by atoms with E-state index in [1.807, 2.05) is 30.5 Å². The fourth-order valence-corrected chi connectivity index (χ4v) is 6.33. The van der Waals surface area contributed by atoms with E-state index >= 15 is 0 Å². The summed E-state index contributed by atoms with van der Waals surface area (Å²) in [6.07, 6.45) is 11.1. The monoisotopic (exact) mass is 611 g/mol. The number of aromatic amines is 1. The summed E-state index contributed by atoms with van der Waals surface area (Å²) in [5.41, 5.74) is 3.93. The summed E-state index contributed by atoms with van der Waals surface area (Å²) in [5.74, 6) is 5.58. The number of piperazine rings is 1. The Bertz CT molecular complexity index is 1740. The number of aromatic nitrogens is 4. The molecule has 0 spiro atoms. The molecule has 0 unspecified atom stereocenters. The predicted octanol–water partition coefficient (Wildman–Crippen LogP) is 2.80. The largest absolute Gasteiger partial charge is 0.352 e. The summed E-state index contributed by atoms with van der Waals surface area (Å²) in [6.45, 7) is 5.52. The molecule has 1 aliphatic rings. The third-order valence-electron chi connectivity index (χ3n) is 7.30. The molecule has 0 bridgehead atoms. The summed E-state index contributed by atoms with van der Waals surface area (Å²) >= 11 is 0. The molecule has 0 radical (unpaired) electrons. The van der Waals surface area contributed by atoms with Crippen molar-refractivity contribution < 1.29 is 13.2 Å². The van der Waals surface area contributed by atoms with E-state index in [1.165, 1.54) is 12.1 Å². The van der Waals surface area contributed by atoms with Gasteiger partial charge < -0.3 is 10.6 Å². The van der Waals surface area contributed by atoms with Crippen molar-refractivity contribution in [1.82, 2.24) is 35.5 Å². The minimum atomic E-state index is -3.79. The Kier molecular flexibility index (Phi) is 10.4. The van der Waals surface area contributed by atoms with Gasteiger partial charge in [0.15, 0.2) is 9.84 Å². The van der Waals surface area contributed by atoms with Gasteiger partial charge in [0, 0.05) is 75.4 Å². The van der Waals surface area contributed by atoms with Crippen molar-refractivity contribution in [2.75, 3.05) is 39.3 Å². The van der Waals surface area contributed by atoms with Crippen LogP contribution in [0.5, 0.6) is 0 Å². The van der Waals surface area contributed by atoms with Gasteiger partial charge in [0.05, 0.1) is 22.5 Å². The number of hydrogen-bond donors (Lipinski definition) is 3. The number of nitrogens with zero attached hydrogens (tertiary/aromatic N) is 4. The number of amides is 1. The standard InChI is InChI=1S/C33H37N7O3S/c1-39-19-14-31(38-39)25-44(42,43)32-13-12-30(33(41)35-15-2-4-28-23-36-37-24-28)22-29(32)11-10-27-8-6-26(7-9-27)5-3-18-40-20-16-34-17-21-40/h3,5-9,12-14,19,22-24,34H,2,4,15-18,20-21,25H2,1H3,(H,35,41)(H,36,37)/b5-3+. The molecule has 1 saturated heterocycles. The van der Waals surface area contributed by atoms with Crippen molar-refractivity contribution in [2.24, 2.45) is 7.05 Å². The molecule has 1 aliphatic heterocycles. The van der Waals surface area contributed by atoms with Gasteiger partial charge in [0.25, 0.3) is 5.91 Å². The van der Waals surface area contributed by atoms with Crippen molar-refractivity contribution in [3.05, 3.63) is 107 Å². The molecule has 3 heterocycles. The molecule has 1 fully saturated rings. The lowest BCUT2D eigenvalue weighted by Crippen LogP contribution is -2.43. The molecule has 5 rings (SSSR count). The van der Waals surface area contributed by atoms with Gasteiger partial charge in [-0.25, -0.2) is 8.42 Å². The van der Waals surface area contributed by atoms with E-state index in [-0.39, 0.29) is 22.1 Å². The van der Waals surface area contributed by atoms with Crippen molar-refractivity contribution in [3.8, 4) is 11.8 Å². The fraction of sp³-hybridized carbons (Fsp3) is 0.303. The number of carbonyl (C=O) groups is 1. The molecule has 1 amide bonds. The van der Waals surface area contributed by atoms with E-state index in [0.717, 1.165) is 62.3 Å². The lowest BCUT2D eigenvalue weighted by atomic mass is 10.1. The van der Waals surface area contributed by atoms with Crippen LogP contribution in [0.3, 0.4) is 0 Å². The maximum absolute atomic E-state index is 13.5. The number of carbonyl (C=O) groups excluding carboxylic acids is 1. The Labute approximate surface area is 258 Å². The maximum Gasteiger partial charge on any atom is 0.251 e.